The van der Waals surface area contributed by atoms with E-state index in [0.29, 0.717) is 13.1 Å². The molecule has 0 radical (unpaired) electrons. The molecule has 0 bridgehead atoms. The zero-order valence-corrected chi connectivity index (χ0v) is 16.5. The van der Waals surface area contributed by atoms with Gasteiger partial charge in [0.2, 0.25) is 15.9 Å². The molecule has 0 aliphatic carbocycles. The maximum atomic E-state index is 12.4. The molecule has 7 heteroatoms. The van der Waals surface area contributed by atoms with Gasteiger partial charge in [-0.15, -0.1) is 0 Å². The van der Waals surface area contributed by atoms with E-state index in [2.05, 4.69) is 21.8 Å². The number of rotatable bonds is 5. The zero-order chi connectivity index (χ0) is 19.4. The molecule has 1 heterocycles. The third kappa shape index (κ3) is 4.67. The summed E-state index contributed by atoms with van der Waals surface area (Å²) in [6.45, 7) is 6.21. The number of sulfonamides is 1. The molecule has 27 heavy (non-hydrogen) atoms. The van der Waals surface area contributed by atoms with Crippen LogP contribution in [0.3, 0.4) is 0 Å². The Morgan fingerprint density at radius 2 is 1.63 bits per heavy atom. The summed E-state index contributed by atoms with van der Waals surface area (Å²) in [6, 6.07) is 15.0. The highest BCUT2D eigenvalue weighted by atomic mass is 32.2. The summed E-state index contributed by atoms with van der Waals surface area (Å²) in [5.41, 5.74) is 3.07. The monoisotopic (exact) mass is 387 g/mol. The van der Waals surface area contributed by atoms with Crippen LogP contribution in [-0.4, -0.2) is 51.9 Å². The van der Waals surface area contributed by atoms with Crippen molar-refractivity contribution < 1.29 is 13.2 Å². The van der Waals surface area contributed by atoms with Gasteiger partial charge in [0.15, 0.2) is 0 Å². The van der Waals surface area contributed by atoms with Gasteiger partial charge in [0, 0.05) is 31.9 Å². The lowest BCUT2D eigenvalue weighted by Crippen LogP contribution is -2.51. The number of nitrogens with one attached hydrogen (secondary N) is 1. The quantitative estimate of drug-likeness (QED) is 0.851. The molecule has 144 valence electrons. The normalized spacial score (nSPS) is 15.0. The molecule has 3 rings (SSSR count). The Balaban J connectivity index is 1.54. The summed E-state index contributed by atoms with van der Waals surface area (Å²) >= 11 is 0. The van der Waals surface area contributed by atoms with Crippen LogP contribution in [0.5, 0.6) is 0 Å². The van der Waals surface area contributed by atoms with Gasteiger partial charge in [-0.3, -0.25) is 4.79 Å². The summed E-state index contributed by atoms with van der Waals surface area (Å²) in [6.07, 6.45) is 0. The Labute approximate surface area is 160 Å². The van der Waals surface area contributed by atoms with Crippen LogP contribution in [0.2, 0.25) is 0 Å². The van der Waals surface area contributed by atoms with Gasteiger partial charge in [-0.2, -0.15) is 0 Å². The Morgan fingerprint density at radius 3 is 2.26 bits per heavy atom. The summed E-state index contributed by atoms with van der Waals surface area (Å²) in [7, 11) is -3.69. The van der Waals surface area contributed by atoms with Gasteiger partial charge in [0.25, 0.3) is 0 Å². The smallest absolute Gasteiger partial charge is 0.241 e. The highest BCUT2D eigenvalue weighted by Crippen LogP contribution is 2.16. The van der Waals surface area contributed by atoms with E-state index >= 15 is 0 Å². The molecule has 1 N–H and O–H groups in total. The van der Waals surface area contributed by atoms with Crippen molar-refractivity contribution in [3.63, 3.8) is 0 Å². The van der Waals surface area contributed by atoms with Crippen molar-refractivity contribution in [2.24, 2.45) is 0 Å². The van der Waals surface area contributed by atoms with Crippen LogP contribution in [0, 0.1) is 13.8 Å². The van der Waals surface area contributed by atoms with Crippen LogP contribution in [0.15, 0.2) is 53.4 Å². The largest absolute Gasteiger partial charge is 0.368 e. The predicted octanol–water partition coefficient (Wildman–Crippen LogP) is 1.93. The number of hydrogen-bond acceptors (Lipinski definition) is 4. The minimum Gasteiger partial charge on any atom is -0.368 e. The molecule has 6 nitrogen and oxygen atoms in total. The molecule has 2 aromatic rings. The first-order chi connectivity index (χ1) is 12.9. The molecular weight excluding hydrogens is 362 g/mol. The third-order valence-corrected chi connectivity index (χ3v) is 6.35. The molecular formula is C20H25N3O3S. The number of benzene rings is 2. The van der Waals surface area contributed by atoms with Crippen LogP contribution in [0.4, 0.5) is 5.69 Å². The Kier molecular flexibility index (Phi) is 5.82. The van der Waals surface area contributed by atoms with Crippen molar-refractivity contribution in [2.45, 2.75) is 18.7 Å². The van der Waals surface area contributed by atoms with E-state index in [1.54, 1.807) is 23.1 Å². The molecule has 1 aliphatic heterocycles. The fourth-order valence-electron chi connectivity index (χ4n) is 3.09. The number of hydrogen-bond donors (Lipinski definition) is 1. The van der Waals surface area contributed by atoms with Crippen LogP contribution in [-0.2, 0) is 14.8 Å². The highest BCUT2D eigenvalue weighted by molar-refractivity contribution is 7.89. The SMILES string of the molecule is Cc1ccc(S(=O)(=O)NCC(=O)N2CCN(c3ccccc3)CC2)cc1C. The molecule has 0 unspecified atom stereocenters. The first-order valence-corrected chi connectivity index (χ1v) is 10.5. The van der Waals surface area contributed by atoms with Crippen LogP contribution in [0.1, 0.15) is 11.1 Å². The fourth-order valence-corrected chi connectivity index (χ4v) is 4.15. The van der Waals surface area contributed by atoms with Crippen molar-refractivity contribution in [3.05, 3.63) is 59.7 Å². The lowest BCUT2D eigenvalue weighted by atomic mass is 10.1. The Morgan fingerprint density at radius 1 is 0.963 bits per heavy atom. The van der Waals surface area contributed by atoms with E-state index < -0.39 is 10.0 Å². The number of para-hydroxylation sites is 1. The molecule has 2 aromatic carbocycles. The van der Waals surface area contributed by atoms with E-state index in [0.717, 1.165) is 29.9 Å². The molecule has 1 aliphatic rings. The number of amides is 1. The van der Waals surface area contributed by atoms with Crippen molar-refractivity contribution in [3.8, 4) is 0 Å². The fraction of sp³-hybridized carbons (Fsp3) is 0.350. The van der Waals surface area contributed by atoms with Crippen LogP contribution >= 0.6 is 0 Å². The second-order valence-electron chi connectivity index (χ2n) is 6.77. The average molecular weight is 388 g/mol. The molecule has 0 atom stereocenters. The maximum Gasteiger partial charge on any atom is 0.241 e. The van der Waals surface area contributed by atoms with E-state index in [9.17, 15) is 13.2 Å². The van der Waals surface area contributed by atoms with Crippen molar-refractivity contribution in [1.82, 2.24) is 9.62 Å². The molecule has 0 aromatic heterocycles. The van der Waals surface area contributed by atoms with Crippen LogP contribution < -0.4 is 9.62 Å². The first-order valence-electron chi connectivity index (χ1n) is 9.01. The highest BCUT2D eigenvalue weighted by Gasteiger charge is 2.23. The number of carbonyl (C=O) groups is 1. The van der Waals surface area contributed by atoms with Gasteiger partial charge in [-0.25, -0.2) is 13.1 Å². The van der Waals surface area contributed by atoms with E-state index in [1.807, 2.05) is 32.0 Å². The van der Waals surface area contributed by atoms with Gasteiger partial charge in [-0.05, 0) is 49.2 Å². The Hall–Kier alpha value is -2.38. The van der Waals surface area contributed by atoms with Gasteiger partial charge in [-0.1, -0.05) is 24.3 Å². The second kappa shape index (κ2) is 8.10. The van der Waals surface area contributed by atoms with Crippen LogP contribution in [0.25, 0.3) is 0 Å². The summed E-state index contributed by atoms with van der Waals surface area (Å²) in [5, 5.41) is 0. The van der Waals surface area contributed by atoms with Crippen molar-refractivity contribution >= 4 is 21.6 Å². The van der Waals surface area contributed by atoms with E-state index in [1.165, 1.54) is 0 Å². The van der Waals surface area contributed by atoms with Gasteiger partial charge >= 0.3 is 0 Å². The third-order valence-electron chi connectivity index (χ3n) is 4.96. The number of aryl methyl sites for hydroxylation is 2. The number of piperazine rings is 1. The minimum atomic E-state index is -3.69. The first kappa shape index (κ1) is 19.4. The van der Waals surface area contributed by atoms with E-state index in [-0.39, 0.29) is 17.3 Å². The Bertz CT molecular complexity index is 905. The number of nitrogens with zero attached hydrogens (tertiary/aromatic N) is 2. The number of anilines is 1. The second-order valence-corrected chi connectivity index (χ2v) is 8.54. The summed E-state index contributed by atoms with van der Waals surface area (Å²) in [5.74, 6) is -0.199. The topological polar surface area (TPSA) is 69.7 Å². The van der Waals surface area contributed by atoms with Crippen molar-refractivity contribution in [1.29, 1.82) is 0 Å². The summed E-state index contributed by atoms with van der Waals surface area (Å²) < 4.78 is 27.3. The predicted molar refractivity (Wildman–Crippen MR) is 106 cm³/mol. The lowest BCUT2D eigenvalue weighted by Gasteiger charge is -2.36. The lowest BCUT2D eigenvalue weighted by molar-refractivity contribution is -0.130. The minimum absolute atomic E-state index is 0.187. The van der Waals surface area contributed by atoms with Gasteiger partial charge < -0.3 is 9.80 Å². The number of carbonyl (C=O) groups excluding carboxylic acids is 1. The maximum absolute atomic E-state index is 12.4. The average Bonchev–Trinajstić information content (AvgIpc) is 2.69. The standard InChI is InChI=1S/C20H25N3O3S/c1-16-8-9-19(14-17(16)2)27(25,26)21-15-20(24)23-12-10-22(11-13-23)18-6-4-3-5-7-18/h3-9,14,21H,10-13,15H2,1-2H3. The molecule has 0 saturated carbocycles. The zero-order valence-electron chi connectivity index (χ0n) is 15.7. The molecule has 1 fully saturated rings. The van der Waals surface area contributed by atoms with Gasteiger partial charge in [0.05, 0.1) is 11.4 Å². The molecule has 1 saturated heterocycles. The molecule has 0 spiro atoms. The van der Waals surface area contributed by atoms with Crippen molar-refractivity contribution in [2.75, 3.05) is 37.6 Å². The summed E-state index contributed by atoms with van der Waals surface area (Å²) in [4.78, 5) is 16.5. The van der Waals surface area contributed by atoms with E-state index in [4.69, 9.17) is 0 Å². The molecule has 1 amide bonds. The van der Waals surface area contributed by atoms with Gasteiger partial charge in [0.1, 0.15) is 0 Å².